The van der Waals surface area contributed by atoms with Gasteiger partial charge in [-0.2, -0.15) is 9.61 Å². The summed E-state index contributed by atoms with van der Waals surface area (Å²) in [6.07, 6.45) is 0. The van der Waals surface area contributed by atoms with E-state index in [0.717, 1.165) is 15.8 Å². The Bertz CT molecular complexity index is 1570. The van der Waals surface area contributed by atoms with E-state index in [-0.39, 0.29) is 31.2 Å². The lowest BCUT2D eigenvalue weighted by Gasteiger charge is -2.09. The van der Waals surface area contributed by atoms with E-state index in [9.17, 15) is 9.59 Å². The Balaban J connectivity index is 1.17. The van der Waals surface area contributed by atoms with Crippen LogP contribution in [0.3, 0.4) is 0 Å². The Hall–Kier alpha value is -4.57. The lowest BCUT2D eigenvalue weighted by Crippen LogP contribution is -2.35. The standard InChI is InChI=1S/C25H20ClN7O3/c26-19-8-6-17(7-9-19)20-10-13-24(35)32(30-20)16-22(34)27-14-15-36-23-12-11-21-28-29-25(33(21)31-23)18-4-2-1-3-5-18/h1-13H,14-16H2,(H,27,34). The molecule has 36 heavy (non-hydrogen) atoms. The van der Waals surface area contributed by atoms with Gasteiger partial charge in [0.2, 0.25) is 11.8 Å². The number of ether oxygens (including phenoxy) is 1. The van der Waals surface area contributed by atoms with Gasteiger partial charge in [0.15, 0.2) is 11.5 Å². The summed E-state index contributed by atoms with van der Waals surface area (Å²) in [5.41, 5.74) is 2.45. The first-order valence-electron chi connectivity index (χ1n) is 11.1. The van der Waals surface area contributed by atoms with Crippen molar-refractivity contribution in [2.24, 2.45) is 0 Å². The highest BCUT2D eigenvalue weighted by Gasteiger charge is 2.11. The molecule has 1 amide bonds. The van der Waals surface area contributed by atoms with Gasteiger partial charge in [-0.3, -0.25) is 9.59 Å². The molecule has 0 aliphatic heterocycles. The summed E-state index contributed by atoms with van der Waals surface area (Å²) < 4.78 is 8.41. The summed E-state index contributed by atoms with van der Waals surface area (Å²) in [5.74, 6) is 0.598. The van der Waals surface area contributed by atoms with E-state index >= 15 is 0 Å². The zero-order valence-electron chi connectivity index (χ0n) is 18.9. The lowest BCUT2D eigenvalue weighted by molar-refractivity contribution is -0.122. The third-order valence-electron chi connectivity index (χ3n) is 5.24. The minimum atomic E-state index is -0.375. The number of nitrogens with one attached hydrogen (secondary N) is 1. The molecule has 0 unspecified atom stereocenters. The van der Waals surface area contributed by atoms with Crippen LogP contribution in [-0.4, -0.2) is 48.7 Å². The molecule has 10 nitrogen and oxygen atoms in total. The predicted octanol–water partition coefficient (Wildman–Crippen LogP) is 2.86. The second kappa shape index (κ2) is 10.4. The van der Waals surface area contributed by atoms with Crippen LogP contribution in [0.5, 0.6) is 5.88 Å². The maximum absolute atomic E-state index is 12.4. The Morgan fingerprint density at radius 2 is 1.69 bits per heavy atom. The molecule has 2 aromatic carbocycles. The highest BCUT2D eigenvalue weighted by Crippen LogP contribution is 2.19. The van der Waals surface area contributed by atoms with Crippen molar-refractivity contribution in [1.82, 2.24) is 34.9 Å². The molecule has 5 rings (SSSR count). The molecule has 3 heterocycles. The van der Waals surface area contributed by atoms with Crippen LogP contribution < -0.4 is 15.6 Å². The van der Waals surface area contributed by atoms with Crippen molar-refractivity contribution in [1.29, 1.82) is 0 Å². The number of nitrogens with zero attached hydrogens (tertiary/aromatic N) is 6. The minimum Gasteiger partial charge on any atom is -0.475 e. The van der Waals surface area contributed by atoms with Crippen LogP contribution in [0.2, 0.25) is 5.02 Å². The molecule has 0 fully saturated rings. The van der Waals surface area contributed by atoms with Crippen LogP contribution in [-0.2, 0) is 11.3 Å². The number of rotatable bonds is 8. The van der Waals surface area contributed by atoms with E-state index in [0.29, 0.717) is 28.1 Å². The van der Waals surface area contributed by atoms with Gasteiger partial charge in [0.05, 0.1) is 12.2 Å². The van der Waals surface area contributed by atoms with E-state index in [1.54, 1.807) is 47.0 Å². The van der Waals surface area contributed by atoms with Crippen LogP contribution in [0, 0.1) is 0 Å². The number of carbonyl (C=O) groups is 1. The van der Waals surface area contributed by atoms with Crippen molar-refractivity contribution in [2.45, 2.75) is 6.54 Å². The third kappa shape index (κ3) is 5.23. The molecular formula is C25H20ClN7O3. The second-order valence-electron chi connectivity index (χ2n) is 7.75. The van der Waals surface area contributed by atoms with Crippen LogP contribution in [0.15, 0.2) is 83.7 Å². The Morgan fingerprint density at radius 3 is 2.50 bits per heavy atom. The number of hydrogen-bond donors (Lipinski definition) is 1. The summed E-state index contributed by atoms with van der Waals surface area (Å²) in [6.45, 7) is 0.184. The smallest absolute Gasteiger partial charge is 0.267 e. The number of halogens is 1. The Labute approximate surface area is 210 Å². The molecular weight excluding hydrogens is 482 g/mol. The van der Waals surface area contributed by atoms with Gasteiger partial charge in [0.25, 0.3) is 5.56 Å². The molecule has 0 radical (unpaired) electrons. The first-order valence-corrected chi connectivity index (χ1v) is 11.5. The third-order valence-corrected chi connectivity index (χ3v) is 5.50. The number of aromatic nitrogens is 6. The molecule has 1 N–H and O–H groups in total. The molecule has 0 atom stereocenters. The molecule has 0 saturated carbocycles. The number of amides is 1. The normalized spacial score (nSPS) is 10.9. The molecule has 5 aromatic rings. The Kier molecular flexibility index (Phi) is 6.67. The maximum atomic E-state index is 12.4. The molecule has 0 spiro atoms. The quantitative estimate of drug-likeness (QED) is 0.325. The number of benzene rings is 2. The van der Waals surface area contributed by atoms with Gasteiger partial charge in [-0.15, -0.1) is 15.3 Å². The lowest BCUT2D eigenvalue weighted by atomic mass is 10.1. The van der Waals surface area contributed by atoms with E-state index in [2.05, 4.69) is 25.7 Å². The SMILES string of the molecule is O=C(Cn1nc(-c2ccc(Cl)cc2)ccc1=O)NCCOc1ccc2nnc(-c3ccccc3)n2n1. The highest BCUT2D eigenvalue weighted by atomic mass is 35.5. The van der Waals surface area contributed by atoms with Crippen molar-refractivity contribution in [3.63, 3.8) is 0 Å². The molecule has 0 aliphatic carbocycles. The van der Waals surface area contributed by atoms with Gasteiger partial charge in [0, 0.05) is 28.3 Å². The predicted molar refractivity (Wildman–Crippen MR) is 134 cm³/mol. The summed E-state index contributed by atoms with van der Waals surface area (Å²) in [4.78, 5) is 24.6. The van der Waals surface area contributed by atoms with Gasteiger partial charge >= 0.3 is 0 Å². The average molecular weight is 502 g/mol. The second-order valence-corrected chi connectivity index (χ2v) is 8.19. The topological polar surface area (TPSA) is 116 Å². The zero-order valence-corrected chi connectivity index (χ0v) is 19.7. The Morgan fingerprint density at radius 1 is 0.889 bits per heavy atom. The number of fused-ring (bicyclic) bond motifs is 1. The van der Waals surface area contributed by atoms with Crippen molar-refractivity contribution in [3.8, 4) is 28.5 Å². The summed E-state index contributed by atoms with van der Waals surface area (Å²) in [6, 6.07) is 23.1. The largest absolute Gasteiger partial charge is 0.475 e. The van der Waals surface area contributed by atoms with Crippen LogP contribution in [0.25, 0.3) is 28.3 Å². The van der Waals surface area contributed by atoms with Crippen LogP contribution in [0.4, 0.5) is 0 Å². The molecule has 11 heteroatoms. The highest BCUT2D eigenvalue weighted by molar-refractivity contribution is 6.30. The molecule has 180 valence electrons. The maximum Gasteiger partial charge on any atom is 0.267 e. The fourth-order valence-corrected chi connectivity index (χ4v) is 3.62. The summed E-state index contributed by atoms with van der Waals surface area (Å²) in [5, 5.41) is 20.4. The van der Waals surface area contributed by atoms with Gasteiger partial charge in [0.1, 0.15) is 13.2 Å². The number of carbonyl (C=O) groups excluding carboxylic acids is 1. The van der Waals surface area contributed by atoms with Gasteiger partial charge < -0.3 is 10.1 Å². The van der Waals surface area contributed by atoms with Gasteiger partial charge in [-0.05, 0) is 24.3 Å². The van der Waals surface area contributed by atoms with Crippen LogP contribution in [0.1, 0.15) is 0 Å². The fraction of sp³-hybridized carbons (Fsp3) is 0.120. The van der Waals surface area contributed by atoms with Crippen molar-refractivity contribution in [2.75, 3.05) is 13.2 Å². The molecule has 3 aromatic heterocycles. The van der Waals surface area contributed by atoms with E-state index < -0.39 is 0 Å². The van der Waals surface area contributed by atoms with Crippen molar-refractivity contribution >= 4 is 23.2 Å². The van der Waals surface area contributed by atoms with E-state index in [1.165, 1.54) is 6.07 Å². The zero-order chi connectivity index (χ0) is 24.9. The monoisotopic (exact) mass is 501 g/mol. The average Bonchev–Trinajstić information content (AvgIpc) is 3.32. The summed E-state index contributed by atoms with van der Waals surface area (Å²) >= 11 is 5.93. The minimum absolute atomic E-state index is 0.181. The molecule has 0 saturated heterocycles. The van der Waals surface area contributed by atoms with Crippen LogP contribution >= 0.6 is 11.6 Å². The summed E-state index contributed by atoms with van der Waals surface area (Å²) in [7, 11) is 0. The number of hydrogen-bond acceptors (Lipinski definition) is 7. The fourth-order valence-electron chi connectivity index (χ4n) is 3.49. The molecule has 0 aliphatic rings. The van der Waals surface area contributed by atoms with E-state index in [1.807, 2.05) is 30.3 Å². The molecule has 0 bridgehead atoms. The van der Waals surface area contributed by atoms with Crippen molar-refractivity contribution < 1.29 is 9.53 Å². The first kappa shape index (κ1) is 23.2. The van der Waals surface area contributed by atoms with E-state index in [4.69, 9.17) is 16.3 Å². The first-order chi connectivity index (χ1) is 17.6. The van der Waals surface area contributed by atoms with Gasteiger partial charge in [-0.1, -0.05) is 54.1 Å². The van der Waals surface area contributed by atoms with Crippen molar-refractivity contribution in [3.05, 3.63) is 94.2 Å². The van der Waals surface area contributed by atoms with Gasteiger partial charge in [-0.25, -0.2) is 4.68 Å².